The first-order valence-electron chi connectivity index (χ1n) is 33.6. The smallest absolute Gasteiger partial charge is 1.00 e. The summed E-state index contributed by atoms with van der Waals surface area (Å²) in [6.45, 7) is 15.7. The monoisotopic (exact) mass is 1640 g/mol. The molecule has 12 rings (SSSR count). The molecule has 6 aromatic rings. The predicted octanol–water partition coefficient (Wildman–Crippen LogP) is -20.4. The Morgan fingerprint density at radius 2 is 0.810 bits per heavy atom. The Hall–Kier alpha value is 2.80. The molecule has 0 amide bonds. The van der Waals surface area contributed by atoms with Crippen LogP contribution < -0.4 is 282 Å². The maximum absolute atomic E-state index is 12.4. The Labute approximate surface area is 792 Å². The van der Waals surface area contributed by atoms with Crippen LogP contribution in [0.5, 0.6) is 0 Å². The van der Waals surface area contributed by atoms with Gasteiger partial charge in [0.25, 0.3) is 0 Å². The van der Waals surface area contributed by atoms with Crippen molar-refractivity contribution in [1.29, 1.82) is 0 Å². The molecule has 6 aliphatic rings. The fourth-order valence-corrected chi connectivity index (χ4v) is 41.5. The van der Waals surface area contributed by atoms with Crippen molar-refractivity contribution < 1.29 is 329 Å². The quantitative estimate of drug-likeness (QED) is 0.0120. The average molecular weight is 1640 g/mol. The second-order valence-electron chi connectivity index (χ2n) is 28.6. The number of aliphatic carboxylic acids is 1. The molecule has 41 heteroatoms. The number of aliphatic imine (C=N–C) groups is 2. The van der Waals surface area contributed by atoms with Gasteiger partial charge in [-0.2, -0.15) is 0 Å². The van der Waals surface area contributed by atoms with E-state index in [1.54, 1.807) is 0 Å². The van der Waals surface area contributed by atoms with Crippen molar-refractivity contribution in [2.45, 2.75) is 115 Å². The van der Waals surface area contributed by atoms with Gasteiger partial charge in [0.2, 0.25) is 0 Å². The molecule has 1 spiro atoms. The number of nitrogens with zero attached hydrogens (tertiary/aromatic N) is 10. The number of quaternary nitrogens is 2. The Kier molecular flexibility index (Phi) is 36.5. The van der Waals surface area contributed by atoms with E-state index in [9.17, 15) is 75.5 Å². The largest absolute Gasteiger partial charge is 1.00 e. The molecule has 0 radical (unpaired) electrons. The van der Waals surface area contributed by atoms with Crippen LogP contribution >= 0.6 is 30.4 Å². The Morgan fingerprint density at radius 3 is 1.20 bits per heavy atom. The van der Waals surface area contributed by atoms with Crippen molar-refractivity contribution in [3.05, 3.63) is 137 Å². The topological polar surface area (TPSA) is 371 Å². The van der Waals surface area contributed by atoms with E-state index in [2.05, 4.69) is 50.1 Å². The maximum atomic E-state index is 12.4. The fraction of sp³-hybridized carbons (Fsp3) is 0.469. The molecule has 0 saturated heterocycles. The summed E-state index contributed by atoms with van der Waals surface area (Å²) in [5.41, 5.74) is 4.06. The zero-order valence-corrected chi connectivity index (χ0v) is 85.8. The van der Waals surface area contributed by atoms with Crippen molar-refractivity contribution in [2.24, 2.45) is 20.0 Å². The van der Waals surface area contributed by atoms with Gasteiger partial charge in [-0.25, -0.2) is 0 Å². The molecule has 4 aromatic carbocycles. The molecule has 0 fully saturated rings. The molecule has 524 valence electrons. The maximum Gasteiger partial charge on any atom is 1.00 e. The summed E-state index contributed by atoms with van der Waals surface area (Å²) < 4.78 is 77.2. The standard InChI is InChI=1S/C64H90N10O16P4Si3.8Na/c1-6-34-73(35-17-7-8-33-56(75)76,36-18-19-42-91(77,78)79)40-23-46-95(2,3)89-97(90-96(4,5)47-24-41-74(37-20-43-92(80,81)82,38-21-44-93(83,84)85)39-22-45-94(86,87)88)69-57-48-25-9-10-26-49(48)58(69)66-60-52-29-13-14-30-53(52)62(71(60)97)68-64-55-32-16-15-31-54(55)63(72(64)97)67-61-51-28-12-11-27-50(51)59(65-57)70(61)97;;;;;;;;/h9-16,25-32H,1,6-8,17-24,33-47H2,2-5H3,(H8-,75,76,77,78,79,80,81,82,83,84,85,86,87,88);;;;;;;;/q;8*+1/p-6. The van der Waals surface area contributed by atoms with Crippen LogP contribution in [0.4, 0.5) is 11.6 Å². The van der Waals surface area contributed by atoms with E-state index in [0.29, 0.717) is 134 Å². The van der Waals surface area contributed by atoms with Gasteiger partial charge in [-0.05, 0) is 0 Å². The number of carbonyl (C=O) groups excluding carboxylic acids is 1. The van der Waals surface area contributed by atoms with Crippen LogP contribution in [0, 0.1) is 6.92 Å². The van der Waals surface area contributed by atoms with Gasteiger partial charge < -0.3 is 9.90 Å². The number of carboxylic acids is 1. The van der Waals surface area contributed by atoms with E-state index in [0.717, 1.165) is 43.8 Å². The van der Waals surface area contributed by atoms with E-state index in [1.807, 2.05) is 97.1 Å². The molecule has 6 aliphatic heterocycles. The summed E-state index contributed by atoms with van der Waals surface area (Å²) in [7, 11) is -34.2. The van der Waals surface area contributed by atoms with Crippen molar-refractivity contribution in [3.8, 4) is 0 Å². The number of benzene rings is 4. The van der Waals surface area contributed by atoms with Crippen LogP contribution in [-0.4, -0.2) is 166 Å². The van der Waals surface area contributed by atoms with E-state index in [1.165, 1.54) is 0 Å². The van der Waals surface area contributed by atoms with Crippen molar-refractivity contribution >= 4 is 117 Å². The zero-order chi connectivity index (χ0) is 69.5. The van der Waals surface area contributed by atoms with Crippen molar-refractivity contribution in [3.63, 3.8) is 0 Å². The summed E-state index contributed by atoms with van der Waals surface area (Å²) >= 11 is 0. The number of carbonyl (C=O) groups is 1. The molecule has 0 bridgehead atoms. The predicted molar refractivity (Wildman–Crippen MR) is 363 cm³/mol. The van der Waals surface area contributed by atoms with Crippen LogP contribution in [0.2, 0.25) is 38.3 Å². The second kappa shape index (κ2) is 38.2. The van der Waals surface area contributed by atoms with Gasteiger partial charge >= 0.3 is 795 Å². The minimum atomic E-state index is -7.35. The average Bonchev–Trinajstić information content (AvgIpc) is 1.48. The van der Waals surface area contributed by atoms with Gasteiger partial charge in [0.15, 0.2) is 0 Å². The summed E-state index contributed by atoms with van der Waals surface area (Å²) in [4.78, 5) is 128. The molecular weight excluding hydrogens is 1560 g/mol. The molecule has 0 aliphatic carbocycles. The Balaban J connectivity index is 0.00000292. The molecular formula is C64H84N10Na8O16P4Si3+2. The van der Waals surface area contributed by atoms with Gasteiger partial charge in [0.05, 0.1) is 0 Å². The van der Waals surface area contributed by atoms with Gasteiger partial charge in [-0.15, -0.1) is 0 Å². The number of aromatic nitrogens is 2. The van der Waals surface area contributed by atoms with Crippen LogP contribution in [0.1, 0.15) is 99.3 Å². The molecule has 2 aromatic heterocycles. The van der Waals surface area contributed by atoms with E-state index in [4.69, 9.17) is 20.0 Å². The zero-order valence-electron chi connectivity index (χ0n) is 63.2. The third-order valence-corrected chi connectivity index (χ3v) is 40.8. The normalized spacial score (nSPS) is 18.4. The molecule has 26 nitrogen and oxygen atoms in total. The molecule has 2 N–H and O–H groups in total. The summed E-state index contributed by atoms with van der Waals surface area (Å²) in [6, 6.07) is 32.8. The minimum Gasteiger partial charge on any atom is 1.00 e. The number of hydrogen-bond donors (Lipinski definition) is 2. The molecule has 3 unspecified atom stereocenters. The number of fused-ring (bicyclic) bond motifs is 12. The van der Waals surface area contributed by atoms with Crippen molar-refractivity contribution in [1.82, 2.24) is 8.47 Å². The first kappa shape index (κ1) is 100. The second-order valence-corrected chi connectivity index (χ2v) is 49.6. The van der Waals surface area contributed by atoms with E-state index >= 15 is 0 Å². The van der Waals surface area contributed by atoms with Gasteiger partial charge in [0.1, 0.15) is 0 Å². The van der Waals surface area contributed by atoms with Crippen LogP contribution in [0.25, 0.3) is 21.5 Å². The number of rotatable bonds is 37. The molecule has 105 heavy (non-hydrogen) atoms. The number of unbranched alkanes of at least 4 members (excludes halogenated alkanes) is 3. The summed E-state index contributed by atoms with van der Waals surface area (Å²) in [5.74, 6) is 1.95. The molecule has 3 atom stereocenters. The third kappa shape index (κ3) is 19.6. The van der Waals surface area contributed by atoms with Crippen LogP contribution in [0.3, 0.4) is 0 Å². The minimum absolute atomic E-state index is 0. The SMILES string of the molecule is [CH2-]CC[N+](CCCCCC(=O)[O-])(CCCCP(=O)([O-])[O-])CCC[Si](C)(C)O[Si-2]123(O[Si](C)(C)CCC[N+](CCCP(=O)([O-])[O-])(CCCP(=O)([O-])O)CCCP(=O)([O-])O)n4c5c6ccccc6c4N=C4c6ccccc6C(=[N+]41)N=c1c4ccccc4c(n12)=NC1=[N+]3C(=N5)c2ccccc21.[Na+].[Na+].[Na+].[Na+].[Na+].[Na+].[Na+].[Na+]. The van der Waals surface area contributed by atoms with Crippen LogP contribution in [0.15, 0.2) is 117 Å². The summed E-state index contributed by atoms with van der Waals surface area (Å²) in [5, 5.41) is 14.6. The number of carboxylic acid groups (broad SMARTS) is 1. The van der Waals surface area contributed by atoms with Gasteiger partial charge in [0, 0.05) is 0 Å². The van der Waals surface area contributed by atoms with Gasteiger partial charge in [-0.1, -0.05) is 0 Å². The van der Waals surface area contributed by atoms with E-state index < -0.39 is 85.4 Å². The number of hydrogen-bond acceptors (Lipinski definition) is 18. The summed E-state index contributed by atoms with van der Waals surface area (Å²) in [6.07, 6.45) is 0.967. The molecule has 8 heterocycles. The van der Waals surface area contributed by atoms with Gasteiger partial charge in [-0.3, -0.25) is 0 Å². The molecule has 0 saturated carbocycles. The fourth-order valence-electron chi connectivity index (χ4n) is 17.1. The third-order valence-electron chi connectivity index (χ3n) is 20.6. The van der Waals surface area contributed by atoms with Crippen LogP contribution in [-0.2, 0) is 31.3 Å². The van der Waals surface area contributed by atoms with Crippen molar-refractivity contribution in [2.75, 3.05) is 77.0 Å². The first-order chi connectivity index (χ1) is 45.6. The number of amidine groups is 4. The Morgan fingerprint density at radius 1 is 0.467 bits per heavy atom. The Bertz CT molecular complexity index is 4480. The first-order valence-corrected chi connectivity index (χ1v) is 49.4. The van der Waals surface area contributed by atoms with E-state index in [-0.39, 0.29) is 299 Å².